The van der Waals surface area contributed by atoms with Gasteiger partial charge in [0.2, 0.25) is 5.95 Å². The quantitative estimate of drug-likeness (QED) is 0.0898. The first kappa shape index (κ1) is 38.7. The van der Waals surface area contributed by atoms with Gasteiger partial charge in [0, 0.05) is 24.3 Å². The van der Waals surface area contributed by atoms with Gasteiger partial charge in [0.25, 0.3) is 0 Å². The Hall–Kier alpha value is -3.54. The molecule has 0 saturated heterocycles. The molecule has 0 unspecified atom stereocenters. The molecule has 3 aromatic rings. The summed E-state index contributed by atoms with van der Waals surface area (Å²) in [6, 6.07) is 9.93. The fourth-order valence-corrected chi connectivity index (χ4v) is 6.87. The molecule has 0 radical (unpaired) electrons. The van der Waals surface area contributed by atoms with E-state index in [0.717, 1.165) is 81.3 Å². The molecule has 0 amide bonds. The Kier molecular flexibility index (Phi) is 13.9. The van der Waals surface area contributed by atoms with Gasteiger partial charge in [0.1, 0.15) is 17.7 Å². The molecule has 0 aliphatic heterocycles. The van der Waals surface area contributed by atoms with Gasteiger partial charge in [-0.3, -0.25) is 14.3 Å². The summed E-state index contributed by atoms with van der Waals surface area (Å²) in [5, 5.41) is 15.4. The van der Waals surface area contributed by atoms with E-state index in [1.807, 2.05) is 69.0 Å². The van der Waals surface area contributed by atoms with Crippen molar-refractivity contribution >= 4 is 29.5 Å². The summed E-state index contributed by atoms with van der Waals surface area (Å²) < 4.78 is 13.2. The number of rotatable bonds is 19. The summed E-state index contributed by atoms with van der Waals surface area (Å²) in [5.41, 5.74) is 2.59. The number of carbonyl (C=O) groups excluding carboxylic acids is 2. The number of nitrogens with zero attached hydrogens (tertiary/aromatic N) is 4. The maximum Gasteiger partial charge on any atom is 0.326 e. The number of esters is 2. The maximum atomic E-state index is 13.7. The zero-order valence-corrected chi connectivity index (χ0v) is 31.6. The fourth-order valence-electron chi connectivity index (χ4n) is 6.68. The van der Waals surface area contributed by atoms with Crippen molar-refractivity contribution in [2.45, 2.75) is 122 Å². The predicted molar refractivity (Wildman–Crippen MR) is 200 cm³/mol. The van der Waals surface area contributed by atoms with Gasteiger partial charge in [0.05, 0.1) is 29.7 Å². The molecule has 51 heavy (non-hydrogen) atoms. The van der Waals surface area contributed by atoms with Crippen LogP contribution < -0.4 is 16.0 Å². The fraction of sp³-hybridized carbons (Fsp3) is 0.615. The molecule has 0 spiro atoms. The first-order chi connectivity index (χ1) is 24.5. The Morgan fingerprint density at radius 3 is 2.39 bits per heavy atom. The third-order valence-corrected chi connectivity index (χ3v) is 9.98. The minimum absolute atomic E-state index is 0.111. The number of nitrogens with one attached hydrogen (secondary N) is 3. The average molecular weight is 722 g/mol. The van der Waals surface area contributed by atoms with Crippen LogP contribution in [0.2, 0.25) is 5.02 Å². The Morgan fingerprint density at radius 1 is 0.980 bits per heavy atom. The molecule has 2 saturated carbocycles. The van der Waals surface area contributed by atoms with Gasteiger partial charge >= 0.3 is 11.9 Å². The summed E-state index contributed by atoms with van der Waals surface area (Å²) in [5.74, 6) is 0.831. The van der Waals surface area contributed by atoms with Gasteiger partial charge < -0.3 is 25.4 Å². The van der Waals surface area contributed by atoms with E-state index in [-0.39, 0.29) is 31.1 Å². The Bertz CT molecular complexity index is 1560. The molecule has 2 fully saturated rings. The second-order valence-corrected chi connectivity index (χ2v) is 15.6. The molecular weight excluding hydrogens is 666 g/mol. The lowest BCUT2D eigenvalue weighted by atomic mass is 9.79. The standard InChI is InChI=1S/C39H56ClN7O4/c1-38(2,3)51-34(48)26-41-21-11-6-5-7-12-22-43-39(36(49)50-27-29-13-9-8-10-14-29)19-17-30(18-20-39)45-37-42-25-32(40)35(46-37)31-24-44-47(4)33(31)23-28-15-16-28/h8-10,13-14,24-25,28,30,41,43H,5-7,11-12,15-23,26-27H2,1-4H3,(H,42,45,46). The molecule has 5 rings (SSSR count). The van der Waals surface area contributed by atoms with Crippen LogP contribution in [0.25, 0.3) is 11.3 Å². The van der Waals surface area contributed by atoms with Gasteiger partial charge in [-0.1, -0.05) is 61.2 Å². The van der Waals surface area contributed by atoms with Gasteiger partial charge in [0.15, 0.2) is 0 Å². The number of aromatic nitrogens is 4. The Labute approximate surface area is 308 Å². The molecule has 0 atom stereocenters. The average Bonchev–Trinajstić information content (AvgIpc) is 3.86. The van der Waals surface area contributed by atoms with Gasteiger partial charge in [-0.05, 0) is 103 Å². The number of unbranched alkanes of at least 4 members (excludes halogenated alkanes) is 4. The monoisotopic (exact) mass is 721 g/mol. The third kappa shape index (κ3) is 12.0. The lowest BCUT2D eigenvalue weighted by Gasteiger charge is -2.39. The van der Waals surface area contributed by atoms with E-state index in [1.165, 1.54) is 12.8 Å². The summed E-state index contributed by atoms with van der Waals surface area (Å²) in [6.07, 6.45) is 15.0. The molecular formula is C39H56ClN7O4. The molecule has 2 aliphatic rings. The third-order valence-electron chi connectivity index (χ3n) is 9.70. The molecule has 3 N–H and O–H groups in total. The van der Waals surface area contributed by atoms with E-state index in [4.69, 9.17) is 26.1 Å². The molecule has 2 aliphatic carbocycles. The van der Waals surface area contributed by atoms with E-state index < -0.39 is 11.1 Å². The zero-order chi connectivity index (χ0) is 36.3. The lowest BCUT2D eigenvalue weighted by Crippen LogP contribution is -2.56. The number of anilines is 1. The summed E-state index contributed by atoms with van der Waals surface area (Å²) in [6.45, 7) is 7.65. The maximum absolute atomic E-state index is 13.7. The number of halogens is 1. The van der Waals surface area contributed by atoms with Gasteiger partial charge in [-0.25, -0.2) is 9.97 Å². The van der Waals surface area contributed by atoms with Crippen LogP contribution in [0, 0.1) is 5.92 Å². The van der Waals surface area contributed by atoms with Crippen LogP contribution in [0.3, 0.4) is 0 Å². The van der Waals surface area contributed by atoms with Crippen molar-refractivity contribution in [2.75, 3.05) is 25.0 Å². The van der Waals surface area contributed by atoms with Gasteiger partial charge in [-0.2, -0.15) is 5.10 Å². The van der Waals surface area contributed by atoms with E-state index in [1.54, 1.807) is 6.20 Å². The normalized spacial score (nSPS) is 19.1. The summed E-state index contributed by atoms with van der Waals surface area (Å²) in [4.78, 5) is 34.9. The molecule has 1 aromatic carbocycles. The molecule has 11 nitrogen and oxygen atoms in total. The lowest BCUT2D eigenvalue weighted by molar-refractivity contribution is -0.155. The van der Waals surface area contributed by atoms with Crippen molar-refractivity contribution in [3.05, 3.63) is 59.0 Å². The van der Waals surface area contributed by atoms with Gasteiger partial charge in [-0.15, -0.1) is 0 Å². The highest BCUT2D eigenvalue weighted by Gasteiger charge is 2.43. The van der Waals surface area contributed by atoms with Crippen molar-refractivity contribution in [3.63, 3.8) is 0 Å². The van der Waals surface area contributed by atoms with Crippen molar-refractivity contribution in [3.8, 4) is 11.3 Å². The van der Waals surface area contributed by atoms with Crippen molar-refractivity contribution in [1.29, 1.82) is 0 Å². The number of carbonyl (C=O) groups is 2. The number of aryl methyl sites for hydroxylation is 1. The van der Waals surface area contributed by atoms with Crippen molar-refractivity contribution in [1.82, 2.24) is 30.4 Å². The van der Waals surface area contributed by atoms with Crippen LogP contribution >= 0.6 is 11.6 Å². The van der Waals surface area contributed by atoms with E-state index in [2.05, 4.69) is 26.0 Å². The van der Waals surface area contributed by atoms with Crippen LogP contribution in [-0.4, -0.2) is 68.5 Å². The number of benzene rings is 1. The SMILES string of the molecule is Cn1ncc(-c2nc(NC3CCC(NCCCCCCCNCC(=O)OC(C)(C)C)(C(=O)OCc4ccccc4)CC3)ncc2Cl)c1CC1CC1. The highest BCUT2D eigenvalue weighted by Crippen LogP contribution is 2.37. The molecule has 2 aromatic heterocycles. The molecule has 278 valence electrons. The predicted octanol–water partition coefficient (Wildman–Crippen LogP) is 6.79. The first-order valence-electron chi connectivity index (χ1n) is 18.7. The molecule has 12 heteroatoms. The second-order valence-electron chi connectivity index (χ2n) is 15.2. The highest BCUT2D eigenvalue weighted by atomic mass is 35.5. The number of ether oxygens (including phenoxy) is 2. The zero-order valence-electron chi connectivity index (χ0n) is 30.8. The van der Waals surface area contributed by atoms with Crippen molar-refractivity contribution in [2.24, 2.45) is 13.0 Å². The van der Waals surface area contributed by atoms with E-state index >= 15 is 0 Å². The second kappa shape index (κ2) is 18.3. The van der Waals surface area contributed by atoms with Crippen LogP contribution in [0.1, 0.15) is 103 Å². The molecule has 2 heterocycles. The number of hydrogen-bond donors (Lipinski definition) is 3. The van der Waals surface area contributed by atoms with Crippen LogP contribution in [0.5, 0.6) is 0 Å². The van der Waals surface area contributed by atoms with Crippen LogP contribution in [-0.2, 0) is 39.1 Å². The topological polar surface area (TPSA) is 132 Å². The Balaban J connectivity index is 1.11. The first-order valence-corrected chi connectivity index (χ1v) is 19.1. The minimum atomic E-state index is -0.738. The van der Waals surface area contributed by atoms with Crippen LogP contribution in [0.15, 0.2) is 42.7 Å². The number of hydrogen-bond acceptors (Lipinski definition) is 10. The largest absolute Gasteiger partial charge is 0.459 e. The summed E-state index contributed by atoms with van der Waals surface area (Å²) in [7, 11) is 1.97. The highest BCUT2D eigenvalue weighted by molar-refractivity contribution is 6.33. The van der Waals surface area contributed by atoms with Crippen LogP contribution in [0.4, 0.5) is 5.95 Å². The smallest absolute Gasteiger partial charge is 0.326 e. The molecule has 0 bridgehead atoms. The minimum Gasteiger partial charge on any atom is -0.459 e. The Morgan fingerprint density at radius 2 is 1.69 bits per heavy atom. The summed E-state index contributed by atoms with van der Waals surface area (Å²) >= 11 is 6.62. The van der Waals surface area contributed by atoms with Crippen molar-refractivity contribution < 1.29 is 19.1 Å². The van der Waals surface area contributed by atoms with E-state index in [0.29, 0.717) is 35.4 Å². The van der Waals surface area contributed by atoms with E-state index in [9.17, 15) is 9.59 Å².